The van der Waals surface area contributed by atoms with Crippen molar-refractivity contribution in [2.45, 2.75) is 58.8 Å². The molecule has 0 heterocycles. The van der Waals surface area contributed by atoms with E-state index in [9.17, 15) is 9.59 Å². The number of hydrogen-bond donors (Lipinski definition) is 2. The normalized spacial score (nSPS) is 12.2. The molecule has 0 aliphatic rings. The highest BCUT2D eigenvalue weighted by atomic mass is 16.2. The van der Waals surface area contributed by atoms with E-state index in [4.69, 9.17) is 11.5 Å². The van der Waals surface area contributed by atoms with E-state index in [2.05, 4.69) is 13.8 Å². The van der Waals surface area contributed by atoms with Gasteiger partial charge in [0.15, 0.2) is 0 Å². The number of carbonyl (C=O) groups is 2. The van der Waals surface area contributed by atoms with E-state index in [-0.39, 0.29) is 12.5 Å². The molecule has 0 aromatic carbocycles. The van der Waals surface area contributed by atoms with Crippen LogP contribution in [0.4, 0.5) is 0 Å². The molecular formula is C15H31N3O2. The Balaban J connectivity index is 4.30. The van der Waals surface area contributed by atoms with E-state index in [1.165, 1.54) is 0 Å². The number of amides is 2. The van der Waals surface area contributed by atoms with Gasteiger partial charge in [0.1, 0.15) is 0 Å². The van der Waals surface area contributed by atoms with Crippen LogP contribution in [0.3, 0.4) is 0 Å². The molecular weight excluding hydrogens is 254 g/mol. The summed E-state index contributed by atoms with van der Waals surface area (Å²) in [5.74, 6) is 0.104. The van der Waals surface area contributed by atoms with Crippen LogP contribution in [0.2, 0.25) is 0 Å². The Hall–Kier alpha value is -1.10. The van der Waals surface area contributed by atoms with Gasteiger partial charge in [0.25, 0.3) is 0 Å². The lowest BCUT2D eigenvalue weighted by Crippen LogP contribution is -2.39. The summed E-state index contributed by atoms with van der Waals surface area (Å²) in [6, 6.07) is 0. The third-order valence-electron chi connectivity index (χ3n) is 3.52. The third-order valence-corrected chi connectivity index (χ3v) is 3.52. The van der Waals surface area contributed by atoms with Crippen LogP contribution in [0.1, 0.15) is 58.8 Å². The van der Waals surface area contributed by atoms with Crippen LogP contribution in [-0.4, -0.2) is 36.3 Å². The maximum atomic E-state index is 12.2. The molecule has 0 aliphatic carbocycles. The molecule has 5 nitrogen and oxygen atoms in total. The molecule has 0 fully saturated rings. The van der Waals surface area contributed by atoms with E-state index in [1.54, 1.807) is 4.90 Å². The smallest absolute Gasteiger partial charge is 0.237 e. The maximum absolute atomic E-state index is 12.2. The first kappa shape index (κ1) is 18.9. The minimum atomic E-state index is -0.443. The van der Waals surface area contributed by atoms with Crippen LogP contribution in [0.5, 0.6) is 0 Å². The second-order valence-electron chi connectivity index (χ2n) is 5.41. The second-order valence-corrected chi connectivity index (χ2v) is 5.41. The number of unbranched alkanes of at least 4 members (excludes halogenated alkanes) is 1. The predicted octanol–water partition coefficient (Wildman–Crippen LogP) is 1.65. The predicted molar refractivity (Wildman–Crippen MR) is 82.0 cm³/mol. The molecule has 1 atom stereocenters. The molecule has 0 aliphatic heterocycles. The van der Waals surface area contributed by atoms with Crippen molar-refractivity contribution in [3.63, 3.8) is 0 Å². The molecule has 5 heteroatoms. The summed E-state index contributed by atoms with van der Waals surface area (Å²) in [6.07, 6.45) is 6.42. The number of rotatable bonds is 12. The fourth-order valence-electron chi connectivity index (χ4n) is 2.39. The van der Waals surface area contributed by atoms with Gasteiger partial charge in [0, 0.05) is 13.0 Å². The van der Waals surface area contributed by atoms with Crippen molar-refractivity contribution in [1.29, 1.82) is 0 Å². The molecule has 0 radical (unpaired) electrons. The van der Waals surface area contributed by atoms with Gasteiger partial charge in [-0.2, -0.15) is 0 Å². The highest BCUT2D eigenvalue weighted by Crippen LogP contribution is 2.17. The molecule has 0 saturated carbocycles. The van der Waals surface area contributed by atoms with Crippen LogP contribution in [0.15, 0.2) is 0 Å². The second kappa shape index (κ2) is 11.7. The number of nitrogens with two attached hydrogens (primary N) is 2. The highest BCUT2D eigenvalue weighted by Gasteiger charge is 2.17. The minimum absolute atomic E-state index is 0.0359. The van der Waals surface area contributed by atoms with E-state index in [0.29, 0.717) is 25.4 Å². The van der Waals surface area contributed by atoms with Crippen LogP contribution < -0.4 is 11.5 Å². The average molecular weight is 285 g/mol. The first-order valence-electron chi connectivity index (χ1n) is 7.81. The Kier molecular flexibility index (Phi) is 11.1. The molecule has 118 valence electrons. The third kappa shape index (κ3) is 8.91. The van der Waals surface area contributed by atoms with Crippen LogP contribution in [-0.2, 0) is 9.59 Å². The van der Waals surface area contributed by atoms with Crippen molar-refractivity contribution in [3.8, 4) is 0 Å². The van der Waals surface area contributed by atoms with Crippen molar-refractivity contribution in [1.82, 2.24) is 4.90 Å². The van der Waals surface area contributed by atoms with Gasteiger partial charge in [-0.3, -0.25) is 9.59 Å². The summed E-state index contributed by atoms with van der Waals surface area (Å²) in [4.78, 5) is 24.8. The highest BCUT2D eigenvalue weighted by molar-refractivity contribution is 5.83. The first-order valence-corrected chi connectivity index (χ1v) is 7.81. The quantitative estimate of drug-likeness (QED) is 0.571. The first-order chi connectivity index (χ1) is 9.54. The molecule has 0 rings (SSSR count). The van der Waals surface area contributed by atoms with Crippen LogP contribution >= 0.6 is 0 Å². The number of hydrogen-bond acceptors (Lipinski definition) is 3. The maximum Gasteiger partial charge on any atom is 0.237 e. The molecule has 0 saturated heterocycles. The Bertz CT molecular complexity index is 276. The summed E-state index contributed by atoms with van der Waals surface area (Å²) in [6.45, 7) is 5.53. The Labute approximate surface area is 123 Å². The zero-order valence-corrected chi connectivity index (χ0v) is 13.1. The topological polar surface area (TPSA) is 89.4 Å². The van der Waals surface area contributed by atoms with Gasteiger partial charge in [-0.1, -0.05) is 33.1 Å². The molecule has 1 unspecified atom stereocenters. The lowest BCUT2D eigenvalue weighted by Gasteiger charge is -2.22. The fraction of sp³-hybridized carbons (Fsp3) is 0.867. The van der Waals surface area contributed by atoms with Crippen LogP contribution in [0.25, 0.3) is 0 Å². The Morgan fingerprint density at radius 1 is 1.10 bits per heavy atom. The molecule has 0 aromatic rings. The van der Waals surface area contributed by atoms with Gasteiger partial charge >= 0.3 is 0 Å². The van der Waals surface area contributed by atoms with Gasteiger partial charge in [0.2, 0.25) is 11.8 Å². The lowest BCUT2D eigenvalue weighted by molar-refractivity contribution is -0.135. The van der Waals surface area contributed by atoms with Gasteiger partial charge in [-0.15, -0.1) is 0 Å². The molecule has 20 heavy (non-hydrogen) atoms. The average Bonchev–Trinajstić information content (AvgIpc) is 2.40. The zero-order valence-electron chi connectivity index (χ0n) is 13.1. The van der Waals surface area contributed by atoms with Gasteiger partial charge in [0.05, 0.1) is 6.54 Å². The summed E-state index contributed by atoms with van der Waals surface area (Å²) in [5.41, 5.74) is 10.8. The summed E-state index contributed by atoms with van der Waals surface area (Å²) >= 11 is 0. The minimum Gasteiger partial charge on any atom is -0.368 e. The standard InChI is InChI=1S/C15H31N3O2/c1-3-5-11-18(12-14(17)19)15(20)8-7-13(6-4-2)9-10-16/h13H,3-12,16H2,1-2H3,(H2,17,19). The van der Waals surface area contributed by atoms with Gasteiger partial charge < -0.3 is 16.4 Å². The van der Waals surface area contributed by atoms with Gasteiger partial charge in [-0.25, -0.2) is 0 Å². The van der Waals surface area contributed by atoms with Crippen molar-refractivity contribution in [2.24, 2.45) is 17.4 Å². The lowest BCUT2D eigenvalue weighted by atomic mass is 9.94. The molecule has 0 aromatic heterocycles. The van der Waals surface area contributed by atoms with E-state index < -0.39 is 5.91 Å². The monoisotopic (exact) mass is 285 g/mol. The molecule has 4 N–H and O–H groups in total. The number of carbonyl (C=O) groups excluding carboxylic acids is 2. The van der Waals surface area contributed by atoms with Gasteiger partial charge in [-0.05, 0) is 31.7 Å². The number of nitrogens with zero attached hydrogens (tertiary/aromatic N) is 1. The number of primary amides is 1. The largest absolute Gasteiger partial charge is 0.368 e. The van der Waals surface area contributed by atoms with Crippen molar-refractivity contribution in [2.75, 3.05) is 19.6 Å². The fourth-order valence-corrected chi connectivity index (χ4v) is 2.39. The van der Waals surface area contributed by atoms with E-state index >= 15 is 0 Å². The summed E-state index contributed by atoms with van der Waals surface area (Å²) in [7, 11) is 0. The van der Waals surface area contributed by atoms with E-state index in [0.717, 1.165) is 38.5 Å². The molecule has 0 spiro atoms. The Morgan fingerprint density at radius 2 is 1.80 bits per heavy atom. The van der Waals surface area contributed by atoms with Crippen molar-refractivity contribution in [3.05, 3.63) is 0 Å². The SMILES string of the molecule is CCCCN(CC(N)=O)C(=O)CCC(CCC)CCN. The van der Waals surface area contributed by atoms with Crippen LogP contribution in [0, 0.1) is 5.92 Å². The van der Waals surface area contributed by atoms with Crippen molar-refractivity contribution >= 4 is 11.8 Å². The summed E-state index contributed by atoms with van der Waals surface area (Å²) in [5, 5.41) is 0. The van der Waals surface area contributed by atoms with E-state index in [1.807, 2.05) is 0 Å². The van der Waals surface area contributed by atoms with Crippen molar-refractivity contribution < 1.29 is 9.59 Å². The summed E-state index contributed by atoms with van der Waals surface area (Å²) < 4.78 is 0. The molecule has 0 bridgehead atoms. The Morgan fingerprint density at radius 3 is 2.30 bits per heavy atom. The zero-order chi connectivity index (χ0) is 15.4. The molecule has 2 amide bonds.